The molecule has 0 aliphatic carbocycles. The highest BCUT2D eigenvalue weighted by atomic mass is 32.2. The summed E-state index contributed by atoms with van der Waals surface area (Å²) in [6, 6.07) is 8.53. The van der Waals surface area contributed by atoms with Crippen molar-refractivity contribution in [1.82, 2.24) is 9.88 Å². The number of nitrogens with two attached hydrogens (primary N) is 1. The Morgan fingerprint density at radius 3 is 2.97 bits per heavy atom. The van der Waals surface area contributed by atoms with E-state index in [1.807, 2.05) is 4.90 Å². The molecule has 1 amide bonds. The number of fused-ring (bicyclic) bond motifs is 1. The standard InChI is InChI=1S/C19H21N5O4S/c20-18-17-15(22-29(26,27)23-18)6-1-7-16(17)28-12-13-4-3-9-24(11-13)19(25)14-5-2-8-21-10-14/h1-2,5-8,10,13,22H,3-4,9,11-12H2,(H2,20,23)/t13-/m0/s1. The van der Waals surface area contributed by atoms with E-state index in [4.69, 9.17) is 10.5 Å². The van der Waals surface area contributed by atoms with Gasteiger partial charge >= 0.3 is 10.2 Å². The quantitative estimate of drug-likeness (QED) is 0.777. The minimum Gasteiger partial charge on any atom is -0.492 e. The smallest absolute Gasteiger partial charge is 0.344 e. The van der Waals surface area contributed by atoms with Crippen molar-refractivity contribution in [2.45, 2.75) is 12.8 Å². The number of aromatic nitrogens is 1. The highest BCUT2D eigenvalue weighted by molar-refractivity contribution is 7.91. The van der Waals surface area contributed by atoms with Gasteiger partial charge in [0, 0.05) is 31.4 Å². The van der Waals surface area contributed by atoms with Gasteiger partial charge in [0.05, 0.1) is 23.4 Å². The van der Waals surface area contributed by atoms with Crippen molar-refractivity contribution in [2.75, 3.05) is 24.4 Å². The molecule has 152 valence electrons. The first kappa shape index (κ1) is 19.2. The molecule has 9 nitrogen and oxygen atoms in total. The number of nitrogens with one attached hydrogen (secondary N) is 1. The van der Waals surface area contributed by atoms with Crippen LogP contribution >= 0.6 is 0 Å². The Morgan fingerprint density at radius 2 is 2.17 bits per heavy atom. The summed E-state index contributed by atoms with van der Waals surface area (Å²) in [7, 11) is -3.83. The lowest BCUT2D eigenvalue weighted by Crippen LogP contribution is -2.41. The minimum absolute atomic E-state index is 0.0364. The molecule has 0 saturated carbocycles. The van der Waals surface area contributed by atoms with Crippen molar-refractivity contribution >= 4 is 27.6 Å². The second kappa shape index (κ2) is 7.70. The van der Waals surface area contributed by atoms with Crippen LogP contribution in [0.4, 0.5) is 5.69 Å². The number of rotatable bonds is 4. The molecule has 3 heterocycles. The zero-order chi connectivity index (χ0) is 20.4. The van der Waals surface area contributed by atoms with Gasteiger partial charge < -0.3 is 15.4 Å². The summed E-state index contributed by atoms with van der Waals surface area (Å²) in [4.78, 5) is 18.5. The van der Waals surface area contributed by atoms with E-state index in [1.165, 1.54) is 0 Å². The molecule has 1 aromatic carbocycles. The largest absolute Gasteiger partial charge is 0.492 e. The number of amidine groups is 1. The van der Waals surface area contributed by atoms with Gasteiger partial charge in [-0.2, -0.15) is 8.42 Å². The van der Waals surface area contributed by atoms with E-state index in [0.29, 0.717) is 42.3 Å². The van der Waals surface area contributed by atoms with Crippen molar-refractivity contribution < 1.29 is 17.9 Å². The number of ether oxygens (including phenoxy) is 1. The first-order chi connectivity index (χ1) is 13.9. The normalized spacial score (nSPS) is 20.2. The monoisotopic (exact) mass is 415 g/mol. The number of carbonyl (C=O) groups is 1. The van der Waals surface area contributed by atoms with Gasteiger partial charge in [0.25, 0.3) is 5.91 Å². The summed E-state index contributed by atoms with van der Waals surface area (Å²) in [5, 5.41) is 0. The topological polar surface area (TPSA) is 127 Å². The van der Waals surface area contributed by atoms with Crippen LogP contribution < -0.4 is 15.2 Å². The van der Waals surface area contributed by atoms with Gasteiger partial charge in [0.1, 0.15) is 5.75 Å². The third kappa shape index (κ3) is 4.16. The Balaban J connectivity index is 1.44. The molecule has 4 rings (SSSR count). The molecule has 0 spiro atoms. The number of nitrogens with zero attached hydrogens (tertiary/aromatic N) is 3. The highest BCUT2D eigenvalue weighted by Crippen LogP contribution is 2.31. The molecule has 2 aromatic rings. The second-order valence-corrected chi connectivity index (χ2v) is 8.38. The van der Waals surface area contributed by atoms with Crippen LogP contribution in [-0.2, 0) is 10.2 Å². The lowest BCUT2D eigenvalue weighted by molar-refractivity contribution is 0.0633. The van der Waals surface area contributed by atoms with Crippen molar-refractivity contribution in [1.29, 1.82) is 0 Å². The molecule has 1 fully saturated rings. The molecule has 1 aromatic heterocycles. The molecule has 1 saturated heterocycles. The van der Waals surface area contributed by atoms with E-state index in [2.05, 4.69) is 14.1 Å². The zero-order valence-electron chi connectivity index (χ0n) is 15.6. The van der Waals surface area contributed by atoms with Crippen molar-refractivity contribution in [3.8, 4) is 5.75 Å². The average Bonchev–Trinajstić information content (AvgIpc) is 2.71. The fraction of sp³-hybridized carbons (Fsp3) is 0.316. The number of likely N-dealkylation sites (tertiary alicyclic amines) is 1. The number of piperidine rings is 1. The summed E-state index contributed by atoms with van der Waals surface area (Å²) in [6.07, 6.45) is 5.03. The van der Waals surface area contributed by atoms with Crippen LogP contribution in [0.2, 0.25) is 0 Å². The number of carbonyl (C=O) groups excluding carboxylic acids is 1. The van der Waals surface area contributed by atoms with Crippen LogP contribution in [0, 0.1) is 5.92 Å². The first-order valence-corrected chi connectivity index (χ1v) is 10.7. The minimum atomic E-state index is -3.83. The molecule has 2 aliphatic rings. The Labute approximate surface area is 168 Å². The zero-order valence-corrected chi connectivity index (χ0v) is 16.4. The Morgan fingerprint density at radius 1 is 1.31 bits per heavy atom. The summed E-state index contributed by atoms with van der Waals surface area (Å²) >= 11 is 0. The summed E-state index contributed by atoms with van der Waals surface area (Å²) in [6.45, 7) is 1.67. The second-order valence-electron chi connectivity index (χ2n) is 7.04. The third-order valence-electron chi connectivity index (χ3n) is 4.93. The number of benzene rings is 1. The molecule has 0 unspecified atom stereocenters. The van der Waals surface area contributed by atoms with Crippen LogP contribution in [0.1, 0.15) is 28.8 Å². The molecule has 29 heavy (non-hydrogen) atoms. The average molecular weight is 415 g/mol. The lowest BCUT2D eigenvalue weighted by atomic mass is 9.98. The number of pyridine rings is 1. The number of hydrogen-bond donors (Lipinski definition) is 2. The lowest BCUT2D eigenvalue weighted by Gasteiger charge is -2.33. The Hall–Kier alpha value is -3.14. The number of amides is 1. The van der Waals surface area contributed by atoms with Gasteiger partial charge in [-0.15, -0.1) is 4.40 Å². The van der Waals surface area contributed by atoms with E-state index in [1.54, 1.807) is 42.7 Å². The highest BCUT2D eigenvalue weighted by Gasteiger charge is 2.27. The maximum absolute atomic E-state index is 12.7. The van der Waals surface area contributed by atoms with Crippen LogP contribution in [-0.4, -0.2) is 49.7 Å². The molecule has 0 radical (unpaired) electrons. The predicted molar refractivity (Wildman–Crippen MR) is 108 cm³/mol. The third-order valence-corrected chi connectivity index (χ3v) is 5.84. The van der Waals surface area contributed by atoms with Crippen molar-refractivity contribution in [2.24, 2.45) is 16.0 Å². The predicted octanol–water partition coefficient (Wildman–Crippen LogP) is 1.39. The number of anilines is 1. The first-order valence-electron chi connectivity index (χ1n) is 9.26. The molecule has 3 N–H and O–H groups in total. The summed E-state index contributed by atoms with van der Waals surface area (Å²) in [5.74, 6) is 0.470. The number of hydrogen-bond acceptors (Lipinski definition) is 6. The van der Waals surface area contributed by atoms with Crippen LogP contribution in [0.15, 0.2) is 47.1 Å². The molecular formula is C19H21N5O4S. The van der Waals surface area contributed by atoms with Gasteiger partial charge in [-0.1, -0.05) is 6.07 Å². The molecule has 1 atom stereocenters. The Kier molecular flexibility index (Phi) is 5.10. The van der Waals surface area contributed by atoms with E-state index >= 15 is 0 Å². The SMILES string of the molecule is NC1=NS(=O)(=O)Nc2cccc(OC[C@H]3CCCN(C(=O)c4cccnc4)C3)c21. The van der Waals surface area contributed by atoms with E-state index in [-0.39, 0.29) is 17.7 Å². The fourth-order valence-electron chi connectivity index (χ4n) is 3.60. The van der Waals surface area contributed by atoms with E-state index in [9.17, 15) is 13.2 Å². The molecule has 0 bridgehead atoms. The molecule has 10 heteroatoms. The van der Waals surface area contributed by atoms with Gasteiger partial charge in [0.2, 0.25) is 0 Å². The van der Waals surface area contributed by atoms with Crippen molar-refractivity contribution in [3.05, 3.63) is 53.9 Å². The van der Waals surface area contributed by atoms with Gasteiger partial charge in [-0.3, -0.25) is 14.5 Å². The maximum Gasteiger partial charge on any atom is 0.344 e. The summed E-state index contributed by atoms with van der Waals surface area (Å²) < 4.78 is 35.2. The molecular weight excluding hydrogens is 394 g/mol. The van der Waals surface area contributed by atoms with Gasteiger partial charge in [0.15, 0.2) is 5.84 Å². The summed E-state index contributed by atoms with van der Waals surface area (Å²) in [5.41, 5.74) is 7.19. The molecule has 2 aliphatic heterocycles. The van der Waals surface area contributed by atoms with Crippen LogP contribution in [0.25, 0.3) is 0 Å². The fourth-order valence-corrected chi connectivity index (χ4v) is 4.45. The van der Waals surface area contributed by atoms with Crippen LogP contribution in [0.5, 0.6) is 5.75 Å². The van der Waals surface area contributed by atoms with Crippen LogP contribution in [0.3, 0.4) is 0 Å². The van der Waals surface area contributed by atoms with E-state index in [0.717, 1.165) is 12.8 Å². The maximum atomic E-state index is 12.7. The van der Waals surface area contributed by atoms with E-state index < -0.39 is 10.2 Å². The van der Waals surface area contributed by atoms with Gasteiger partial charge in [-0.05, 0) is 37.1 Å². The Bertz CT molecular complexity index is 1060. The van der Waals surface area contributed by atoms with Crippen molar-refractivity contribution in [3.63, 3.8) is 0 Å². The van der Waals surface area contributed by atoms with Gasteiger partial charge in [-0.25, -0.2) is 0 Å².